The Morgan fingerprint density at radius 2 is 1.55 bits per heavy atom. The van der Waals surface area contributed by atoms with E-state index in [1.54, 1.807) is 19.2 Å². The van der Waals surface area contributed by atoms with Gasteiger partial charge in [-0.2, -0.15) is 4.31 Å². The number of para-hydroxylation sites is 1. The maximum atomic E-state index is 13.4. The van der Waals surface area contributed by atoms with Crippen molar-refractivity contribution in [1.82, 2.24) is 4.31 Å². The van der Waals surface area contributed by atoms with Crippen LogP contribution in [-0.4, -0.2) is 51.3 Å². The Morgan fingerprint density at radius 3 is 2.09 bits per heavy atom. The van der Waals surface area contributed by atoms with Gasteiger partial charge in [-0.1, -0.05) is 24.3 Å². The Balaban J connectivity index is 1.59. The average Bonchev–Trinajstić information content (AvgIpc) is 2.81. The fraction of sp³-hybridized carbons (Fsp3) is 0.440. The van der Waals surface area contributed by atoms with E-state index in [1.165, 1.54) is 9.21 Å². The monoisotopic (exact) mass is 472 g/mol. The lowest BCUT2D eigenvalue weighted by atomic mass is 9.98. The molecule has 0 saturated carbocycles. The number of hydrogen-bond acceptors (Lipinski definition) is 5. The third-order valence-corrected chi connectivity index (χ3v) is 8.71. The third-order valence-electron chi connectivity index (χ3n) is 6.54. The van der Waals surface area contributed by atoms with E-state index in [0.717, 1.165) is 22.3 Å². The quantitative estimate of drug-likeness (QED) is 0.601. The second-order valence-electron chi connectivity index (χ2n) is 8.66. The smallest absolute Gasteiger partial charge is 0.309 e. The van der Waals surface area contributed by atoms with Crippen LogP contribution in [0.3, 0.4) is 0 Å². The number of rotatable bonds is 6. The van der Waals surface area contributed by atoms with Crippen molar-refractivity contribution in [3.63, 3.8) is 0 Å². The summed E-state index contributed by atoms with van der Waals surface area (Å²) in [5.41, 5.74) is 4.14. The molecule has 1 saturated heterocycles. The summed E-state index contributed by atoms with van der Waals surface area (Å²) in [7, 11) is -2.03. The molecule has 0 aliphatic carbocycles. The topological polar surface area (TPSA) is 84.0 Å². The van der Waals surface area contributed by atoms with Gasteiger partial charge in [0, 0.05) is 25.8 Å². The van der Waals surface area contributed by atoms with E-state index in [-0.39, 0.29) is 25.6 Å². The second-order valence-corrected chi connectivity index (χ2v) is 10.5. The number of piperidine rings is 1. The number of nitrogens with zero attached hydrogens (tertiary/aromatic N) is 2. The first-order valence-electron chi connectivity index (χ1n) is 11.1. The van der Waals surface area contributed by atoms with Crippen molar-refractivity contribution in [2.75, 3.05) is 31.6 Å². The lowest BCUT2D eigenvalue weighted by Gasteiger charge is -2.31. The molecule has 0 bridgehead atoms. The van der Waals surface area contributed by atoms with Crippen molar-refractivity contribution in [3.05, 3.63) is 58.7 Å². The molecule has 2 aromatic rings. The number of carbonyl (C=O) groups is 2. The molecule has 0 atom stereocenters. The largest absolute Gasteiger partial charge is 0.455 e. The van der Waals surface area contributed by atoms with Gasteiger partial charge in [0.2, 0.25) is 10.0 Å². The first-order chi connectivity index (χ1) is 15.5. The Kier molecular flexibility index (Phi) is 7.59. The minimum atomic E-state index is -3.66. The Hall–Kier alpha value is -2.71. The SMILES string of the molecule is Cc1cc(C)c(C)c(S(=O)(=O)N2CCC(C(=O)OCC(=O)N(C)c3ccccc3)CC2)c1C. The van der Waals surface area contributed by atoms with Crippen LogP contribution in [0.2, 0.25) is 0 Å². The number of esters is 1. The average molecular weight is 473 g/mol. The number of aryl methyl sites for hydroxylation is 2. The zero-order valence-electron chi connectivity index (χ0n) is 19.9. The van der Waals surface area contributed by atoms with Crippen molar-refractivity contribution in [1.29, 1.82) is 0 Å². The van der Waals surface area contributed by atoms with Crippen molar-refractivity contribution < 1.29 is 22.7 Å². The number of sulfonamides is 1. The molecule has 2 aromatic carbocycles. The Labute approximate surface area is 196 Å². The van der Waals surface area contributed by atoms with E-state index in [4.69, 9.17) is 4.74 Å². The zero-order chi connectivity index (χ0) is 24.3. The second kappa shape index (κ2) is 10.1. The van der Waals surface area contributed by atoms with E-state index in [2.05, 4.69) is 0 Å². The highest BCUT2D eigenvalue weighted by Gasteiger charge is 2.35. The van der Waals surface area contributed by atoms with Gasteiger partial charge >= 0.3 is 5.97 Å². The summed E-state index contributed by atoms with van der Waals surface area (Å²) in [5.74, 6) is -1.20. The fourth-order valence-corrected chi connectivity index (χ4v) is 6.22. The molecule has 178 valence electrons. The third kappa shape index (κ3) is 5.28. The van der Waals surface area contributed by atoms with Crippen LogP contribution in [0.1, 0.15) is 35.1 Å². The van der Waals surface area contributed by atoms with Crippen LogP contribution in [0.25, 0.3) is 0 Å². The number of carbonyl (C=O) groups excluding carboxylic acids is 2. The van der Waals surface area contributed by atoms with E-state index in [0.29, 0.717) is 23.4 Å². The van der Waals surface area contributed by atoms with Gasteiger partial charge in [0.25, 0.3) is 5.91 Å². The van der Waals surface area contributed by atoms with Gasteiger partial charge in [-0.15, -0.1) is 0 Å². The number of likely N-dealkylation sites (N-methyl/N-ethyl adjacent to an activating group) is 1. The zero-order valence-corrected chi connectivity index (χ0v) is 20.7. The summed E-state index contributed by atoms with van der Waals surface area (Å²) in [6.07, 6.45) is 0.730. The number of benzene rings is 2. The predicted molar refractivity (Wildman–Crippen MR) is 128 cm³/mol. The summed E-state index contributed by atoms with van der Waals surface area (Å²) in [5, 5.41) is 0. The van der Waals surface area contributed by atoms with Gasteiger partial charge in [-0.05, 0) is 74.9 Å². The molecule has 1 aliphatic rings. The molecule has 8 heteroatoms. The molecule has 0 unspecified atom stereocenters. The molecule has 1 heterocycles. The van der Waals surface area contributed by atoms with Crippen LogP contribution in [0.4, 0.5) is 5.69 Å². The van der Waals surface area contributed by atoms with E-state index < -0.39 is 21.9 Å². The van der Waals surface area contributed by atoms with E-state index in [1.807, 2.05) is 52.0 Å². The van der Waals surface area contributed by atoms with Crippen LogP contribution in [0.5, 0.6) is 0 Å². The number of ether oxygens (including phenoxy) is 1. The van der Waals surface area contributed by atoms with Crippen molar-refractivity contribution in [2.24, 2.45) is 5.92 Å². The van der Waals surface area contributed by atoms with Crippen LogP contribution in [0.15, 0.2) is 41.3 Å². The highest BCUT2D eigenvalue weighted by Crippen LogP contribution is 2.31. The summed E-state index contributed by atoms with van der Waals surface area (Å²) < 4.78 is 33.5. The molecule has 1 aliphatic heterocycles. The molecule has 0 spiro atoms. The van der Waals surface area contributed by atoms with Crippen molar-refractivity contribution in [2.45, 2.75) is 45.4 Å². The molecule has 33 heavy (non-hydrogen) atoms. The van der Waals surface area contributed by atoms with Crippen LogP contribution in [-0.2, 0) is 24.3 Å². The first kappa shape index (κ1) is 24.9. The van der Waals surface area contributed by atoms with Crippen molar-refractivity contribution in [3.8, 4) is 0 Å². The van der Waals surface area contributed by atoms with Gasteiger partial charge < -0.3 is 9.64 Å². The van der Waals surface area contributed by atoms with Gasteiger partial charge in [0.1, 0.15) is 0 Å². The maximum Gasteiger partial charge on any atom is 0.309 e. The Bertz CT molecular complexity index is 1110. The first-order valence-corrected chi connectivity index (χ1v) is 12.5. The van der Waals surface area contributed by atoms with Gasteiger partial charge in [0.05, 0.1) is 10.8 Å². The molecule has 0 aromatic heterocycles. The number of hydrogen-bond donors (Lipinski definition) is 0. The molecule has 1 fully saturated rings. The Morgan fingerprint density at radius 1 is 1.00 bits per heavy atom. The molecule has 0 radical (unpaired) electrons. The highest BCUT2D eigenvalue weighted by molar-refractivity contribution is 7.89. The molecule has 3 rings (SSSR count). The van der Waals surface area contributed by atoms with Crippen molar-refractivity contribution >= 4 is 27.6 Å². The van der Waals surface area contributed by atoms with Gasteiger partial charge in [-0.25, -0.2) is 8.42 Å². The van der Waals surface area contributed by atoms with Gasteiger partial charge in [-0.3, -0.25) is 9.59 Å². The molecular weight excluding hydrogens is 440 g/mol. The lowest BCUT2D eigenvalue weighted by molar-refractivity contribution is -0.153. The molecule has 1 amide bonds. The standard InChI is InChI=1S/C25H32N2O5S/c1-17-15-18(2)20(4)24(19(17)3)33(30,31)27-13-11-21(12-14-27)25(29)32-16-23(28)26(5)22-9-7-6-8-10-22/h6-10,15,21H,11-14,16H2,1-5H3. The number of amides is 1. The molecule has 0 N–H and O–H groups in total. The summed E-state index contributed by atoms with van der Waals surface area (Å²) >= 11 is 0. The molecular formula is C25H32N2O5S. The predicted octanol–water partition coefficient (Wildman–Crippen LogP) is 3.53. The minimum Gasteiger partial charge on any atom is -0.455 e. The van der Waals surface area contributed by atoms with Crippen LogP contribution >= 0.6 is 0 Å². The fourth-order valence-electron chi connectivity index (χ4n) is 4.17. The summed E-state index contributed by atoms with van der Waals surface area (Å²) in [6.45, 7) is 7.64. The van der Waals surface area contributed by atoms with E-state index in [9.17, 15) is 18.0 Å². The normalized spacial score (nSPS) is 15.3. The van der Waals surface area contributed by atoms with Crippen LogP contribution in [0, 0.1) is 33.6 Å². The summed E-state index contributed by atoms with van der Waals surface area (Å²) in [6, 6.07) is 11.1. The highest BCUT2D eigenvalue weighted by atomic mass is 32.2. The molecule has 7 nitrogen and oxygen atoms in total. The summed E-state index contributed by atoms with van der Waals surface area (Å²) in [4.78, 5) is 26.7. The lowest BCUT2D eigenvalue weighted by Crippen LogP contribution is -2.41. The van der Waals surface area contributed by atoms with Crippen LogP contribution < -0.4 is 4.90 Å². The minimum absolute atomic E-state index is 0.242. The van der Waals surface area contributed by atoms with E-state index >= 15 is 0 Å². The maximum absolute atomic E-state index is 13.4. The van der Waals surface area contributed by atoms with Gasteiger partial charge in [0.15, 0.2) is 6.61 Å². The number of anilines is 1.